The Morgan fingerprint density at radius 1 is 0.926 bits per heavy atom. The lowest BCUT2D eigenvalue weighted by molar-refractivity contribution is -0.129. The van der Waals surface area contributed by atoms with E-state index >= 15 is 0 Å². The molecular weight excluding hydrogens is 348 g/mol. The molecule has 0 aromatic heterocycles. The van der Waals surface area contributed by atoms with E-state index in [4.69, 9.17) is 9.47 Å². The third-order valence-corrected chi connectivity index (χ3v) is 3.92. The Labute approximate surface area is 163 Å². The molecule has 1 fully saturated rings. The predicted octanol–water partition coefficient (Wildman–Crippen LogP) is 2.23. The van der Waals surface area contributed by atoms with Crippen molar-refractivity contribution >= 4 is 17.6 Å². The average molecular weight is 387 g/mol. The molecule has 1 aliphatic rings. The van der Waals surface area contributed by atoms with Crippen molar-refractivity contribution in [3.05, 3.63) is 0 Å². The Balaban J connectivity index is 0.00000210. The molecule has 2 amide bonds. The van der Waals surface area contributed by atoms with Crippen LogP contribution in [-0.2, 0) is 23.9 Å². The molecule has 0 aromatic carbocycles. The molecule has 1 rings (SSSR count). The molecule has 0 spiro atoms. The number of ketones is 1. The molecule has 1 aliphatic carbocycles. The van der Waals surface area contributed by atoms with E-state index in [1.54, 1.807) is 0 Å². The molecule has 7 nitrogen and oxygen atoms in total. The van der Waals surface area contributed by atoms with Crippen LogP contribution in [0.15, 0.2) is 0 Å². The second-order valence-electron chi connectivity index (χ2n) is 6.81. The van der Waals surface area contributed by atoms with Gasteiger partial charge in [0, 0.05) is 38.3 Å². The minimum Gasteiger partial charge on any atom is -0.379 e. The zero-order valence-corrected chi connectivity index (χ0v) is 17.5. The van der Waals surface area contributed by atoms with E-state index in [1.807, 2.05) is 6.92 Å². The van der Waals surface area contributed by atoms with Crippen molar-refractivity contribution in [3.63, 3.8) is 0 Å². The van der Waals surface area contributed by atoms with Crippen LogP contribution in [0, 0.1) is 5.92 Å². The summed E-state index contributed by atoms with van der Waals surface area (Å²) in [6, 6.07) is 0.139. The topological polar surface area (TPSA) is 93.7 Å². The van der Waals surface area contributed by atoms with Crippen molar-refractivity contribution in [2.24, 2.45) is 5.92 Å². The molecule has 0 aromatic rings. The van der Waals surface area contributed by atoms with Gasteiger partial charge >= 0.3 is 0 Å². The van der Waals surface area contributed by atoms with Crippen LogP contribution < -0.4 is 10.6 Å². The van der Waals surface area contributed by atoms with Gasteiger partial charge in [-0.2, -0.15) is 0 Å². The average Bonchev–Trinajstić information content (AvgIpc) is 2.56. The second kappa shape index (κ2) is 16.7. The fourth-order valence-corrected chi connectivity index (χ4v) is 2.54. The molecular formula is C20H38N2O5. The molecule has 2 N–H and O–H groups in total. The van der Waals surface area contributed by atoms with Crippen LogP contribution in [0.1, 0.15) is 66.2 Å². The monoisotopic (exact) mass is 386 g/mol. The fourth-order valence-electron chi connectivity index (χ4n) is 2.54. The number of carbonyl (C=O) groups excluding carboxylic acids is 3. The van der Waals surface area contributed by atoms with E-state index in [2.05, 4.69) is 24.5 Å². The number of rotatable bonds is 13. The minimum absolute atomic E-state index is 0.0343. The van der Waals surface area contributed by atoms with Gasteiger partial charge in [0.15, 0.2) is 0 Å². The van der Waals surface area contributed by atoms with Gasteiger partial charge < -0.3 is 20.1 Å². The zero-order chi connectivity index (χ0) is 20.5. The number of hydrogen-bond donors (Lipinski definition) is 2. The standard InChI is InChI=1S/C17H30N2O5.C3H8/c1-3-4-16(21)14-11-15(12-14)19-17(22)5-7-23-9-10-24-8-6-18-13(2)20;1-3-2/h14-15H,3-12H2,1-2H3,(H,18,20)(H,19,22);3H2,1-2H3. The lowest BCUT2D eigenvalue weighted by Gasteiger charge is -2.34. The lowest BCUT2D eigenvalue weighted by Crippen LogP contribution is -2.46. The third kappa shape index (κ3) is 14.3. The number of nitrogens with one attached hydrogen (secondary N) is 2. The maximum absolute atomic E-state index is 11.7. The van der Waals surface area contributed by atoms with Gasteiger partial charge in [-0.3, -0.25) is 14.4 Å². The Hall–Kier alpha value is -1.47. The summed E-state index contributed by atoms with van der Waals surface area (Å²) in [6.07, 6.45) is 4.64. The predicted molar refractivity (Wildman–Crippen MR) is 105 cm³/mol. The Morgan fingerprint density at radius 2 is 1.52 bits per heavy atom. The maximum atomic E-state index is 11.7. The Morgan fingerprint density at radius 3 is 2.07 bits per heavy atom. The molecule has 7 heteroatoms. The number of hydrogen-bond acceptors (Lipinski definition) is 5. The highest BCUT2D eigenvalue weighted by Gasteiger charge is 2.34. The van der Waals surface area contributed by atoms with Gasteiger partial charge in [-0.25, -0.2) is 0 Å². The van der Waals surface area contributed by atoms with Crippen LogP contribution in [0.2, 0.25) is 0 Å². The largest absolute Gasteiger partial charge is 0.379 e. The van der Waals surface area contributed by atoms with E-state index in [0.29, 0.717) is 51.6 Å². The van der Waals surface area contributed by atoms with Crippen LogP contribution in [0.4, 0.5) is 0 Å². The molecule has 0 saturated heterocycles. The quantitative estimate of drug-likeness (QED) is 0.474. The number of amides is 2. The van der Waals surface area contributed by atoms with Gasteiger partial charge in [-0.05, 0) is 19.3 Å². The van der Waals surface area contributed by atoms with Crippen LogP contribution in [0.5, 0.6) is 0 Å². The highest BCUT2D eigenvalue weighted by Crippen LogP contribution is 2.29. The second-order valence-corrected chi connectivity index (χ2v) is 6.81. The first-order valence-electron chi connectivity index (χ1n) is 10.2. The van der Waals surface area contributed by atoms with E-state index in [1.165, 1.54) is 13.3 Å². The summed E-state index contributed by atoms with van der Waals surface area (Å²) in [6.45, 7) is 9.86. The first kappa shape index (κ1) is 25.5. The summed E-state index contributed by atoms with van der Waals surface area (Å²) in [5.41, 5.74) is 0. The van der Waals surface area contributed by atoms with Gasteiger partial charge in [-0.1, -0.05) is 27.2 Å². The van der Waals surface area contributed by atoms with Crippen molar-refractivity contribution in [1.29, 1.82) is 0 Å². The van der Waals surface area contributed by atoms with Crippen molar-refractivity contribution in [2.75, 3.05) is 33.0 Å². The van der Waals surface area contributed by atoms with Gasteiger partial charge in [-0.15, -0.1) is 0 Å². The molecule has 0 aliphatic heterocycles. The summed E-state index contributed by atoms with van der Waals surface area (Å²) in [5, 5.41) is 5.56. The summed E-state index contributed by atoms with van der Waals surface area (Å²) in [4.78, 5) is 34.0. The van der Waals surface area contributed by atoms with E-state index in [0.717, 1.165) is 19.3 Å². The molecule has 0 radical (unpaired) electrons. The smallest absolute Gasteiger partial charge is 0.222 e. The molecule has 0 atom stereocenters. The van der Waals surface area contributed by atoms with Crippen LogP contribution >= 0.6 is 0 Å². The van der Waals surface area contributed by atoms with Crippen molar-refractivity contribution in [1.82, 2.24) is 10.6 Å². The summed E-state index contributed by atoms with van der Waals surface area (Å²) >= 11 is 0. The fraction of sp³-hybridized carbons (Fsp3) is 0.850. The molecule has 27 heavy (non-hydrogen) atoms. The molecule has 1 saturated carbocycles. The summed E-state index contributed by atoms with van der Waals surface area (Å²) in [7, 11) is 0. The van der Waals surface area contributed by atoms with Crippen LogP contribution in [0.25, 0.3) is 0 Å². The third-order valence-electron chi connectivity index (χ3n) is 3.92. The lowest BCUT2D eigenvalue weighted by atomic mass is 9.76. The molecule has 0 bridgehead atoms. The van der Waals surface area contributed by atoms with Gasteiger partial charge in [0.2, 0.25) is 11.8 Å². The summed E-state index contributed by atoms with van der Waals surface area (Å²) < 4.78 is 10.6. The molecule has 0 unspecified atom stereocenters. The van der Waals surface area contributed by atoms with E-state index in [9.17, 15) is 14.4 Å². The maximum Gasteiger partial charge on any atom is 0.222 e. The van der Waals surface area contributed by atoms with Gasteiger partial charge in [0.25, 0.3) is 0 Å². The van der Waals surface area contributed by atoms with Crippen molar-refractivity contribution < 1.29 is 23.9 Å². The van der Waals surface area contributed by atoms with E-state index in [-0.39, 0.29) is 23.8 Å². The van der Waals surface area contributed by atoms with Crippen LogP contribution in [0.3, 0.4) is 0 Å². The van der Waals surface area contributed by atoms with Gasteiger partial charge in [0.05, 0.1) is 26.4 Å². The van der Waals surface area contributed by atoms with Gasteiger partial charge in [0.1, 0.15) is 5.78 Å². The summed E-state index contributed by atoms with van der Waals surface area (Å²) in [5.74, 6) is 0.354. The van der Waals surface area contributed by atoms with Crippen molar-refractivity contribution in [3.8, 4) is 0 Å². The number of Topliss-reactive ketones (excluding diaryl/α,β-unsaturated/α-hetero) is 1. The minimum atomic E-state index is -0.0756. The van der Waals surface area contributed by atoms with Crippen LogP contribution in [-0.4, -0.2) is 56.6 Å². The highest BCUT2D eigenvalue weighted by atomic mass is 16.5. The Bertz CT molecular complexity index is 423. The zero-order valence-electron chi connectivity index (χ0n) is 17.5. The number of carbonyl (C=O) groups is 3. The first-order valence-corrected chi connectivity index (χ1v) is 10.2. The van der Waals surface area contributed by atoms with E-state index < -0.39 is 0 Å². The normalized spacial score (nSPS) is 17.9. The highest BCUT2D eigenvalue weighted by molar-refractivity contribution is 5.82. The molecule has 158 valence electrons. The van der Waals surface area contributed by atoms with Crippen molar-refractivity contribution in [2.45, 2.75) is 72.3 Å². The first-order chi connectivity index (χ1) is 12.9. The Kier molecular flexibility index (Phi) is 15.8. The number of ether oxygens (including phenoxy) is 2. The molecule has 0 heterocycles. The SMILES string of the molecule is CCC.CCCC(=O)C1CC(NC(=O)CCOCCOCCNC(C)=O)C1.